The summed E-state index contributed by atoms with van der Waals surface area (Å²) in [5, 5.41) is 20.9. The minimum atomic E-state index is -1.02. The Kier molecular flexibility index (Phi) is 4.32. The van der Waals surface area contributed by atoms with Gasteiger partial charge < -0.3 is 15.5 Å². The maximum atomic E-state index is 11.0. The summed E-state index contributed by atoms with van der Waals surface area (Å²) in [4.78, 5) is 23.5. The molecule has 1 aromatic carbocycles. The third-order valence-electron chi connectivity index (χ3n) is 3.49. The Hall–Kier alpha value is -2.71. The predicted molar refractivity (Wildman–Crippen MR) is 88.3 cm³/mol. The number of aliphatic hydroxyl groups is 1. The van der Waals surface area contributed by atoms with Crippen molar-refractivity contribution < 1.29 is 15.0 Å². The topological polar surface area (TPSA) is 113 Å². The number of hydrogen-bond donors (Lipinski definition) is 3. The smallest absolute Gasteiger partial charge is 0.325 e. The second kappa shape index (κ2) is 6.42. The van der Waals surface area contributed by atoms with Gasteiger partial charge >= 0.3 is 5.97 Å². The number of imidazole rings is 1. The van der Waals surface area contributed by atoms with Crippen molar-refractivity contribution in [3.63, 3.8) is 0 Å². The monoisotopic (exact) mass is 347 g/mol. The molecule has 0 unspecified atom stereocenters. The fraction of sp³-hybridized carbons (Fsp3) is 0.200. The first kappa shape index (κ1) is 16.2. The van der Waals surface area contributed by atoms with Crippen molar-refractivity contribution in [3.8, 4) is 5.69 Å². The SMILES string of the molecule is C[C@H](Nc1nc(Cl)nc2c1ncn2-c1ccc(CO)cc1)C(=O)O. The molecule has 3 rings (SSSR count). The number of fused-ring (bicyclic) bond motifs is 1. The fourth-order valence-electron chi connectivity index (χ4n) is 2.19. The van der Waals surface area contributed by atoms with E-state index in [0.717, 1.165) is 11.3 Å². The molecule has 0 saturated carbocycles. The van der Waals surface area contributed by atoms with Crippen LogP contribution in [0.1, 0.15) is 12.5 Å². The average Bonchev–Trinajstić information content (AvgIpc) is 2.98. The summed E-state index contributed by atoms with van der Waals surface area (Å²) in [5.41, 5.74) is 2.43. The van der Waals surface area contributed by atoms with Crippen LogP contribution in [0, 0.1) is 0 Å². The Morgan fingerprint density at radius 3 is 2.67 bits per heavy atom. The van der Waals surface area contributed by atoms with E-state index < -0.39 is 12.0 Å². The third-order valence-corrected chi connectivity index (χ3v) is 3.66. The van der Waals surface area contributed by atoms with Crippen LogP contribution >= 0.6 is 11.6 Å². The molecule has 124 valence electrons. The highest BCUT2D eigenvalue weighted by molar-refractivity contribution is 6.28. The van der Waals surface area contributed by atoms with Crippen molar-refractivity contribution in [1.82, 2.24) is 19.5 Å². The second-order valence-corrected chi connectivity index (χ2v) is 5.49. The van der Waals surface area contributed by atoms with E-state index in [1.165, 1.54) is 6.92 Å². The summed E-state index contributed by atoms with van der Waals surface area (Å²) >= 11 is 5.97. The van der Waals surface area contributed by atoms with Crippen LogP contribution in [0.3, 0.4) is 0 Å². The Morgan fingerprint density at radius 1 is 1.33 bits per heavy atom. The van der Waals surface area contributed by atoms with Crippen LogP contribution < -0.4 is 5.32 Å². The lowest BCUT2D eigenvalue weighted by Crippen LogP contribution is -2.26. The van der Waals surface area contributed by atoms with Gasteiger partial charge in [-0.25, -0.2) is 4.98 Å². The van der Waals surface area contributed by atoms with Crippen LogP contribution in [-0.2, 0) is 11.4 Å². The maximum absolute atomic E-state index is 11.0. The highest BCUT2D eigenvalue weighted by Crippen LogP contribution is 2.24. The molecule has 9 heteroatoms. The average molecular weight is 348 g/mol. The third kappa shape index (κ3) is 3.01. The number of carboxylic acid groups (broad SMARTS) is 1. The Morgan fingerprint density at radius 2 is 2.04 bits per heavy atom. The van der Waals surface area contributed by atoms with E-state index in [1.54, 1.807) is 23.0 Å². The van der Waals surface area contributed by atoms with E-state index in [2.05, 4.69) is 20.3 Å². The minimum Gasteiger partial charge on any atom is -0.480 e. The number of hydrogen-bond acceptors (Lipinski definition) is 6. The van der Waals surface area contributed by atoms with Crippen LogP contribution in [0.15, 0.2) is 30.6 Å². The summed E-state index contributed by atoms with van der Waals surface area (Å²) in [5.74, 6) is -0.762. The molecule has 0 amide bonds. The van der Waals surface area contributed by atoms with E-state index >= 15 is 0 Å². The van der Waals surface area contributed by atoms with Gasteiger partial charge in [-0.1, -0.05) is 12.1 Å². The fourth-order valence-corrected chi connectivity index (χ4v) is 2.36. The first-order valence-corrected chi connectivity index (χ1v) is 7.47. The number of anilines is 1. The molecule has 1 atom stereocenters. The lowest BCUT2D eigenvalue weighted by molar-refractivity contribution is -0.137. The number of aliphatic hydroxyl groups excluding tert-OH is 1. The van der Waals surface area contributed by atoms with E-state index in [1.807, 2.05) is 12.1 Å². The Balaban J connectivity index is 2.08. The first-order chi connectivity index (χ1) is 11.5. The summed E-state index contributed by atoms with van der Waals surface area (Å²) in [6.45, 7) is 1.45. The van der Waals surface area contributed by atoms with E-state index in [9.17, 15) is 4.79 Å². The number of carboxylic acids is 1. The van der Waals surface area contributed by atoms with Crippen molar-refractivity contribution in [2.24, 2.45) is 0 Å². The molecule has 3 aromatic rings. The lowest BCUT2D eigenvalue weighted by Gasteiger charge is -2.10. The molecule has 0 aliphatic carbocycles. The minimum absolute atomic E-state index is 0.0173. The quantitative estimate of drug-likeness (QED) is 0.603. The number of carbonyl (C=O) groups is 1. The van der Waals surface area contributed by atoms with Crippen molar-refractivity contribution >= 4 is 34.6 Å². The van der Waals surface area contributed by atoms with Gasteiger partial charge in [0.15, 0.2) is 17.0 Å². The van der Waals surface area contributed by atoms with Gasteiger partial charge in [0.2, 0.25) is 5.28 Å². The van der Waals surface area contributed by atoms with Crippen LogP contribution in [0.4, 0.5) is 5.82 Å². The Labute approximate surface area is 141 Å². The number of nitrogens with zero attached hydrogens (tertiary/aromatic N) is 4. The van der Waals surface area contributed by atoms with Gasteiger partial charge in [-0.15, -0.1) is 0 Å². The van der Waals surface area contributed by atoms with Crippen molar-refractivity contribution in [2.75, 3.05) is 5.32 Å². The summed E-state index contributed by atoms with van der Waals surface area (Å²) in [7, 11) is 0. The van der Waals surface area contributed by atoms with Gasteiger partial charge in [0.1, 0.15) is 12.4 Å². The van der Waals surface area contributed by atoms with Gasteiger partial charge in [-0.05, 0) is 36.2 Å². The van der Waals surface area contributed by atoms with E-state index in [4.69, 9.17) is 21.8 Å². The van der Waals surface area contributed by atoms with Gasteiger partial charge in [0.25, 0.3) is 0 Å². The van der Waals surface area contributed by atoms with Gasteiger partial charge in [-0.3, -0.25) is 9.36 Å². The first-order valence-electron chi connectivity index (χ1n) is 7.09. The van der Waals surface area contributed by atoms with Gasteiger partial charge in [-0.2, -0.15) is 9.97 Å². The zero-order valence-electron chi connectivity index (χ0n) is 12.6. The molecule has 0 spiro atoms. The second-order valence-electron chi connectivity index (χ2n) is 5.16. The summed E-state index contributed by atoms with van der Waals surface area (Å²) in [6.07, 6.45) is 1.56. The van der Waals surface area contributed by atoms with Crippen molar-refractivity contribution in [2.45, 2.75) is 19.6 Å². The Bertz CT molecular complexity index is 894. The van der Waals surface area contributed by atoms with Gasteiger partial charge in [0.05, 0.1) is 6.61 Å². The van der Waals surface area contributed by atoms with Crippen LogP contribution in [0.5, 0.6) is 0 Å². The zero-order chi connectivity index (χ0) is 17.3. The predicted octanol–water partition coefficient (Wildman–Crippen LogP) is 1.85. The number of aliphatic carboxylic acids is 1. The number of nitrogens with one attached hydrogen (secondary N) is 1. The van der Waals surface area contributed by atoms with E-state index in [0.29, 0.717) is 11.2 Å². The molecule has 0 aliphatic rings. The highest BCUT2D eigenvalue weighted by atomic mass is 35.5. The molecule has 2 heterocycles. The summed E-state index contributed by atoms with van der Waals surface area (Å²) < 4.78 is 1.71. The molecular weight excluding hydrogens is 334 g/mol. The molecular formula is C15H14ClN5O3. The maximum Gasteiger partial charge on any atom is 0.325 e. The molecule has 0 fully saturated rings. The molecule has 8 nitrogen and oxygen atoms in total. The van der Waals surface area contributed by atoms with E-state index in [-0.39, 0.29) is 17.7 Å². The van der Waals surface area contributed by atoms with Crippen LogP contribution in [0.2, 0.25) is 5.28 Å². The molecule has 0 aliphatic heterocycles. The molecule has 2 aromatic heterocycles. The van der Waals surface area contributed by atoms with Crippen LogP contribution in [0.25, 0.3) is 16.9 Å². The van der Waals surface area contributed by atoms with Gasteiger partial charge in [0, 0.05) is 5.69 Å². The molecule has 24 heavy (non-hydrogen) atoms. The highest BCUT2D eigenvalue weighted by Gasteiger charge is 2.18. The van der Waals surface area contributed by atoms with Crippen LogP contribution in [-0.4, -0.2) is 41.7 Å². The van der Waals surface area contributed by atoms with Crippen molar-refractivity contribution in [3.05, 3.63) is 41.4 Å². The van der Waals surface area contributed by atoms with Crippen molar-refractivity contribution in [1.29, 1.82) is 0 Å². The molecule has 0 bridgehead atoms. The lowest BCUT2D eigenvalue weighted by atomic mass is 10.2. The largest absolute Gasteiger partial charge is 0.480 e. The summed E-state index contributed by atoms with van der Waals surface area (Å²) in [6, 6.07) is 6.35. The normalized spacial score (nSPS) is 12.3. The number of rotatable bonds is 5. The molecule has 3 N–H and O–H groups in total. The standard InChI is InChI=1S/C15H14ClN5O3/c1-8(14(23)24)18-12-11-13(20-15(16)19-12)21(7-17-11)10-4-2-9(6-22)3-5-10/h2-5,7-8,22H,6H2,1H3,(H,23,24)(H,18,19,20)/t8-/m0/s1. The number of aromatic nitrogens is 4. The number of halogens is 1. The molecule has 0 radical (unpaired) electrons. The number of benzene rings is 1. The zero-order valence-corrected chi connectivity index (χ0v) is 13.4. The molecule has 0 saturated heterocycles.